The maximum Gasteiger partial charge on any atom is 0.219 e. The van der Waals surface area contributed by atoms with Crippen LogP contribution >= 0.6 is 0 Å². The third kappa shape index (κ3) is 1.95. The number of aliphatic hydroxyl groups excluding tert-OH is 2. The second kappa shape index (κ2) is 3.87. The third-order valence-electron chi connectivity index (χ3n) is 2.40. The Morgan fingerprint density at radius 1 is 1.67 bits per heavy atom. The maximum atomic E-state index is 10.9. The second-order valence-corrected chi connectivity index (χ2v) is 3.26. The summed E-state index contributed by atoms with van der Waals surface area (Å²) in [4.78, 5) is 12.5. The monoisotopic (exact) mass is 173 g/mol. The number of piperidine rings is 1. The van der Waals surface area contributed by atoms with Gasteiger partial charge in [0.15, 0.2) is 0 Å². The molecule has 0 saturated carbocycles. The summed E-state index contributed by atoms with van der Waals surface area (Å²) in [6.45, 7) is 2.51. The van der Waals surface area contributed by atoms with Gasteiger partial charge in [0.25, 0.3) is 0 Å². The molecule has 12 heavy (non-hydrogen) atoms. The lowest BCUT2D eigenvalue weighted by Crippen LogP contribution is -2.46. The minimum Gasteiger partial charge on any atom is -0.396 e. The molecule has 4 heteroatoms. The molecule has 70 valence electrons. The largest absolute Gasteiger partial charge is 0.396 e. The van der Waals surface area contributed by atoms with Gasteiger partial charge >= 0.3 is 0 Å². The van der Waals surface area contributed by atoms with E-state index in [1.54, 1.807) is 4.90 Å². The van der Waals surface area contributed by atoms with Gasteiger partial charge < -0.3 is 15.1 Å². The molecule has 0 spiro atoms. The van der Waals surface area contributed by atoms with Crippen molar-refractivity contribution in [1.29, 1.82) is 0 Å². The number of carbonyl (C=O) groups is 1. The first-order valence-corrected chi connectivity index (χ1v) is 4.19. The van der Waals surface area contributed by atoms with Crippen molar-refractivity contribution >= 4 is 5.91 Å². The van der Waals surface area contributed by atoms with Crippen molar-refractivity contribution in [1.82, 2.24) is 4.90 Å². The van der Waals surface area contributed by atoms with Gasteiger partial charge in [-0.3, -0.25) is 4.79 Å². The van der Waals surface area contributed by atoms with Crippen LogP contribution in [-0.2, 0) is 4.79 Å². The van der Waals surface area contributed by atoms with E-state index in [0.29, 0.717) is 19.5 Å². The first kappa shape index (κ1) is 9.48. The summed E-state index contributed by atoms with van der Waals surface area (Å²) < 4.78 is 0. The van der Waals surface area contributed by atoms with Gasteiger partial charge in [-0.05, 0) is 6.42 Å². The van der Waals surface area contributed by atoms with Gasteiger partial charge in [0, 0.05) is 32.5 Å². The van der Waals surface area contributed by atoms with Crippen LogP contribution in [-0.4, -0.2) is 46.8 Å². The van der Waals surface area contributed by atoms with Crippen LogP contribution in [0.2, 0.25) is 0 Å². The number of nitrogens with zero attached hydrogens (tertiary/aromatic N) is 1. The van der Waals surface area contributed by atoms with Gasteiger partial charge in [-0.25, -0.2) is 0 Å². The Kier molecular flexibility index (Phi) is 3.05. The molecule has 0 aliphatic carbocycles. The van der Waals surface area contributed by atoms with Crippen LogP contribution in [0.5, 0.6) is 0 Å². The molecular weight excluding hydrogens is 158 g/mol. The van der Waals surface area contributed by atoms with Gasteiger partial charge in [-0.2, -0.15) is 0 Å². The smallest absolute Gasteiger partial charge is 0.219 e. The zero-order chi connectivity index (χ0) is 9.14. The molecule has 2 N–H and O–H groups in total. The Bertz CT molecular complexity index is 172. The van der Waals surface area contributed by atoms with Crippen molar-refractivity contribution < 1.29 is 15.0 Å². The SMILES string of the molecule is CC(=O)N1CCC(CO)C(O)C1. The van der Waals surface area contributed by atoms with Crippen LogP contribution in [0, 0.1) is 5.92 Å². The van der Waals surface area contributed by atoms with E-state index in [0.717, 1.165) is 0 Å². The fraction of sp³-hybridized carbons (Fsp3) is 0.875. The van der Waals surface area contributed by atoms with Gasteiger partial charge in [0.05, 0.1) is 6.10 Å². The molecule has 2 unspecified atom stereocenters. The molecule has 0 aromatic carbocycles. The molecule has 0 aromatic rings. The number of hydrogen-bond donors (Lipinski definition) is 2. The van der Waals surface area contributed by atoms with Crippen molar-refractivity contribution in [2.75, 3.05) is 19.7 Å². The van der Waals surface area contributed by atoms with Crippen LogP contribution in [0.1, 0.15) is 13.3 Å². The number of rotatable bonds is 1. The molecule has 1 rings (SSSR count). The van der Waals surface area contributed by atoms with Gasteiger partial charge in [-0.15, -0.1) is 0 Å². The number of aliphatic hydroxyl groups is 2. The minimum atomic E-state index is -0.562. The van der Waals surface area contributed by atoms with E-state index >= 15 is 0 Å². The van der Waals surface area contributed by atoms with E-state index in [9.17, 15) is 9.90 Å². The highest BCUT2D eigenvalue weighted by atomic mass is 16.3. The molecule has 1 heterocycles. The Labute approximate surface area is 71.8 Å². The second-order valence-electron chi connectivity index (χ2n) is 3.26. The lowest BCUT2D eigenvalue weighted by atomic mass is 9.95. The molecule has 4 nitrogen and oxygen atoms in total. The average molecular weight is 173 g/mol. The van der Waals surface area contributed by atoms with Crippen LogP contribution in [0.4, 0.5) is 0 Å². The molecule has 0 radical (unpaired) electrons. The molecule has 1 fully saturated rings. The Morgan fingerprint density at radius 3 is 2.75 bits per heavy atom. The molecule has 2 atom stereocenters. The highest BCUT2D eigenvalue weighted by molar-refractivity contribution is 5.73. The summed E-state index contributed by atoms with van der Waals surface area (Å²) in [5, 5.41) is 18.3. The van der Waals surface area contributed by atoms with Crippen molar-refractivity contribution in [3.63, 3.8) is 0 Å². The molecule has 0 bridgehead atoms. The number of likely N-dealkylation sites (tertiary alicyclic amines) is 1. The first-order valence-electron chi connectivity index (χ1n) is 4.19. The van der Waals surface area contributed by atoms with Crippen LogP contribution < -0.4 is 0 Å². The van der Waals surface area contributed by atoms with Crippen molar-refractivity contribution in [2.45, 2.75) is 19.4 Å². The predicted molar refractivity (Wildman–Crippen MR) is 43.5 cm³/mol. The number of hydrogen-bond acceptors (Lipinski definition) is 3. The molecular formula is C8H15NO3. The first-order chi connectivity index (χ1) is 5.65. The summed E-state index contributed by atoms with van der Waals surface area (Å²) in [5.74, 6) is -0.0639. The summed E-state index contributed by atoms with van der Waals surface area (Å²) >= 11 is 0. The number of amides is 1. The van der Waals surface area contributed by atoms with Gasteiger partial charge in [0.2, 0.25) is 5.91 Å². The summed E-state index contributed by atoms with van der Waals surface area (Å²) in [6, 6.07) is 0. The fourth-order valence-corrected chi connectivity index (χ4v) is 1.48. The lowest BCUT2D eigenvalue weighted by Gasteiger charge is -2.34. The molecule has 1 aliphatic rings. The zero-order valence-electron chi connectivity index (χ0n) is 7.23. The summed E-state index contributed by atoms with van der Waals surface area (Å²) in [5.41, 5.74) is 0. The Hall–Kier alpha value is -0.610. The maximum absolute atomic E-state index is 10.9. The summed E-state index contributed by atoms with van der Waals surface area (Å²) in [7, 11) is 0. The van der Waals surface area contributed by atoms with E-state index in [-0.39, 0.29) is 18.4 Å². The highest BCUT2D eigenvalue weighted by Crippen LogP contribution is 2.16. The lowest BCUT2D eigenvalue weighted by molar-refractivity contribution is -0.133. The quantitative estimate of drug-likeness (QED) is 0.546. The van der Waals surface area contributed by atoms with Gasteiger partial charge in [0.1, 0.15) is 0 Å². The number of carbonyl (C=O) groups excluding carboxylic acids is 1. The van der Waals surface area contributed by atoms with Gasteiger partial charge in [-0.1, -0.05) is 0 Å². The normalized spacial score (nSPS) is 30.4. The Balaban J connectivity index is 2.46. The Morgan fingerprint density at radius 2 is 2.33 bits per heavy atom. The van der Waals surface area contributed by atoms with Crippen molar-refractivity contribution in [3.05, 3.63) is 0 Å². The van der Waals surface area contributed by atoms with Crippen LogP contribution in [0.25, 0.3) is 0 Å². The van der Waals surface area contributed by atoms with Crippen molar-refractivity contribution in [2.24, 2.45) is 5.92 Å². The molecule has 1 saturated heterocycles. The fourth-order valence-electron chi connectivity index (χ4n) is 1.48. The number of β-amino-alcohol motifs (C(OH)–C–C–N with tert-alkyl or cyclic N) is 1. The van der Waals surface area contributed by atoms with E-state index < -0.39 is 6.10 Å². The predicted octanol–water partition coefficient (Wildman–Crippen LogP) is -0.792. The van der Waals surface area contributed by atoms with E-state index in [1.807, 2.05) is 0 Å². The molecule has 1 aliphatic heterocycles. The van der Waals surface area contributed by atoms with Crippen molar-refractivity contribution in [3.8, 4) is 0 Å². The molecule has 1 amide bonds. The highest BCUT2D eigenvalue weighted by Gasteiger charge is 2.27. The molecule has 0 aromatic heterocycles. The third-order valence-corrected chi connectivity index (χ3v) is 2.40. The minimum absolute atomic E-state index is 0.00686. The van der Waals surface area contributed by atoms with Crippen LogP contribution in [0.3, 0.4) is 0 Å². The standard InChI is InChI=1S/C8H15NO3/c1-6(11)9-3-2-7(5-10)8(12)4-9/h7-8,10,12H,2-5H2,1H3. The van der Waals surface area contributed by atoms with Crippen LogP contribution in [0.15, 0.2) is 0 Å². The average Bonchev–Trinajstić information content (AvgIpc) is 2.04. The van der Waals surface area contributed by atoms with E-state index in [1.165, 1.54) is 6.92 Å². The van der Waals surface area contributed by atoms with E-state index in [4.69, 9.17) is 5.11 Å². The van der Waals surface area contributed by atoms with E-state index in [2.05, 4.69) is 0 Å². The topological polar surface area (TPSA) is 60.8 Å². The zero-order valence-corrected chi connectivity index (χ0v) is 7.23. The summed E-state index contributed by atoms with van der Waals surface area (Å²) in [6.07, 6.45) is 0.129.